The van der Waals surface area contributed by atoms with Gasteiger partial charge in [0.15, 0.2) is 0 Å². The van der Waals surface area contributed by atoms with Crippen LogP contribution >= 0.6 is 11.3 Å². The Labute approximate surface area is 156 Å². The molecule has 1 saturated heterocycles. The van der Waals surface area contributed by atoms with E-state index in [9.17, 15) is 0 Å². The van der Waals surface area contributed by atoms with Gasteiger partial charge in [0, 0.05) is 44.0 Å². The maximum Gasteiger partial charge on any atom is 0.225 e. The zero-order chi connectivity index (χ0) is 17.5. The molecule has 7 heteroatoms. The van der Waals surface area contributed by atoms with Crippen molar-refractivity contribution in [3.05, 3.63) is 46.7 Å². The van der Waals surface area contributed by atoms with E-state index >= 15 is 0 Å². The maximum atomic E-state index is 5.45. The van der Waals surface area contributed by atoms with E-state index in [0.717, 1.165) is 48.9 Å². The SMILES string of the molecule is CC(c1ccc2scnc2c1)N1CCN(c2ncc3c(n2)COC3)CC1. The first kappa shape index (κ1) is 16.1. The number of aromatic nitrogens is 3. The molecule has 1 fully saturated rings. The number of rotatable bonds is 3. The molecule has 0 spiro atoms. The van der Waals surface area contributed by atoms with Crippen molar-refractivity contribution in [2.24, 2.45) is 0 Å². The summed E-state index contributed by atoms with van der Waals surface area (Å²) in [5.74, 6) is 0.838. The largest absolute Gasteiger partial charge is 0.370 e. The minimum Gasteiger partial charge on any atom is -0.370 e. The number of benzene rings is 1. The van der Waals surface area contributed by atoms with Gasteiger partial charge in [-0.1, -0.05) is 6.07 Å². The molecule has 0 saturated carbocycles. The fourth-order valence-electron chi connectivity index (χ4n) is 3.74. The van der Waals surface area contributed by atoms with Gasteiger partial charge >= 0.3 is 0 Å². The molecule has 0 N–H and O–H groups in total. The third-order valence-electron chi connectivity index (χ3n) is 5.42. The van der Waals surface area contributed by atoms with E-state index in [0.29, 0.717) is 19.3 Å². The minimum absolute atomic E-state index is 0.387. The average molecular weight is 367 g/mol. The molecular formula is C19H21N5OS. The molecule has 1 unspecified atom stereocenters. The average Bonchev–Trinajstić information content (AvgIpc) is 3.35. The van der Waals surface area contributed by atoms with E-state index in [1.807, 2.05) is 11.7 Å². The summed E-state index contributed by atoms with van der Waals surface area (Å²) in [6.45, 7) is 7.45. The van der Waals surface area contributed by atoms with Crippen LogP contribution in [0.3, 0.4) is 0 Å². The van der Waals surface area contributed by atoms with Crippen LogP contribution in [0.2, 0.25) is 0 Å². The number of thiazole rings is 1. The molecule has 26 heavy (non-hydrogen) atoms. The van der Waals surface area contributed by atoms with Gasteiger partial charge in [0.25, 0.3) is 0 Å². The molecule has 0 radical (unpaired) electrons. The topological polar surface area (TPSA) is 54.4 Å². The lowest BCUT2D eigenvalue weighted by Crippen LogP contribution is -2.47. The van der Waals surface area contributed by atoms with Crippen molar-refractivity contribution in [1.82, 2.24) is 19.9 Å². The Balaban J connectivity index is 1.27. The second-order valence-electron chi connectivity index (χ2n) is 6.91. The van der Waals surface area contributed by atoms with Crippen molar-refractivity contribution in [3.8, 4) is 0 Å². The van der Waals surface area contributed by atoms with Crippen molar-refractivity contribution in [2.45, 2.75) is 26.2 Å². The Bertz CT molecular complexity index is 935. The summed E-state index contributed by atoms with van der Waals surface area (Å²) >= 11 is 1.70. The first-order valence-corrected chi connectivity index (χ1v) is 9.90. The molecule has 5 rings (SSSR count). The van der Waals surface area contributed by atoms with Crippen LogP contribution in [0.1, 0.15) is 29.8 Å². The highest BCUT2D eigenvalue weighted by Crippen LogP contribution is 2.27. The molecule has 6 nitrogen and oxygen atoms in total. The van der Waals surface area contributed by atoms with Crippen molar-refractivity contribution in [1.29, 1.82) is 0 Å². The summed E-state index contributed by atoms with van der Waals surface area (Å²) in [5, 5.41) is 0. The van der Waals surface area contributed by atoms with E-state index in [4.69, 9.17) is 9.72 Å². The summed E-state index contributed by atoms with van der Waals surface area (Å²) in [6.07, 6.45) is 1.92. The summed E-state index contributed by atoms with van der Waals surface area (Å²) < 4.78 is 6.70. The van der Waals surface area contributed by atoms with Gasteiger partial charge in [-0.15, -0.1) is 11.3 Å². The van der Waals surface area contributed by atoms with Gasteiger partial charge in [-0.3, -0.25) is 4.90 Å². The Morgan fingerprint density at radius 2 is 2.00 bits per heavy atom. The smallest absolute Gasteiger partial charge is 0.225 e. The van der Waals surface area contributed by atoms with Crippen LogP contribution in [-0.2, 0) is 18.0 Å². The summed E-state index contributed by atoms with van der Waals surface area (Å²) in [5.41, 5.74) is 6.52. The molecule has 0 amide bonds. The van der Waals surface area contributed by atoms with Gasteiger partial charge in [0.05, 0.1) is 34.6 Å². The van der Waals surface area contributed by atoms with Crippen LogP contribution in [0, 0.1) is 0 Å². The van der Waals surface area contributed by atoms with E-state index in [-0.39, 0.29) is 0 Å². The fraction of sp³-hybridized carbons (Fsp3) is 0.421. The van der Waals surface area contributed by atoms with Gasteiger partial charge in [-0.25, -0.2) is 15.0 Å². The van der Waals surface area contributed by atoms with Gasteiger partial charge in [0.2, 0.25) is 5.95 Å². The lowest BCUT2D eigenvalue weighted by atomic mass is 10.1. The van der Waals surface area contributed by atoms with Gasteiger partial charge in [-0.05, 0) is 24.6 Å². The predicted octanol–water partition coefficient (Wildman–Crippen LogP) is 3.00. The standard InChI is InChI=1S/C19H21N5OS/c1-13(14-2-3-18-16(8-14)21-12-26-18)23-4-6-24(7-5-23)19-20-9-15-10-25-11-17(15)22-19/h2-3,8-9,12-13H,4-7,10-11H2,1H3. The molecule has 3 aromatic rings. The highest BCUT2D eigenvalue weighted by Gasteiger charge is 2.25. The molecule has 1 aromatic carbocycles. The van der Waals surface area contributed by atoms with Crippen molar-refractivity contribution >= 4 is 27.5 Å². The molecule has 2 aliphatic rings. The summed E-state index contributed by atoms with van der Waals surface area (Å²) in [7, 11) is 0. The first-order valence-electron chi connectivity index (χ1n) is 9.02. The van der Waals surface area contributed by atoms with E-state index in [1.54, 1.807) is 11.3 Å². The Kier molecular flexibility index (Phi) is 4.07. The van der Waals surface area contributed by atoms with Crippen LogP contribution in [0.4, 0.5) is 5.95 Å². The maximum absolute atomic E-state index is 5.45. The minimum atomic E-state index is 0.387. The summed E-state index contributed by atoms with van der Waals surface area (Å²) in [4.78, 5) is 18.5. The molecule has 2 aliphatic heterocycles. The first-order chi connectivity index (χ1) is 12.8. The van der Waals surface area contributed by atoms with E-state index in [2.05, 4.69) is 44.9 Å². The lowest BCUT2D eigenvalue weighted by molar-refractivity contribution is 0.133. The third-order valence-corrected chi connectivity index (χ3v) is 6.23. The van der Waals surface area contributed by atoms with Crippen molar-refractivity contribution in [2.75, 3.05) is 31.1 Å². The second kappa shape index (κ2) is 6.57. The van der Waals surface area contributed by atoms with Crippen LogP contribution < -0.4 is 4.90 Å². The zero-order valence-electron chi connectivity index (χ0n) is 14.8. The van der Waals surface area contributed by atoms with Crippen LogP contribution in [-0.4, -0.2) is 46.0 Å². The predicted molar refractivity (Wildman–Crippen MR) is 102 cm³/mol. The molecule has 0 aliphatic carbocycles. The van der Waals surface area contributed by atoms with Crippen LogP contribution in [0.15, 0.2) is 29.9 Å². The third kappa shape index (κ3) is 2.86. The highest BCUT2D eigenvalue weighted by molar-refractivity contribution is 7.16. The fourth-order valence-corrected chi connectivity index (χ4v) is 4.40. The Morgan fingerprint density at radius 1 is 1.12 bits per heavy atom. The van der Waals surface area contributed by atoms with Crippen LogP contribution in [0.5, 0.6) is 0 Å². The van der Waals surface area contributed by atoms with Gasteiger partial charge in [0.1, 0.15) is 0 Å². The van der Waals surface area contributed by atoms with Gasteiger partial charge in [-0.2, -0.15) is 0 Å². The molecule has 1 atom stereocenters. The monoisotopic (exact) mass is 367 g/mol. The number of nitrogens with zero attached hydrogens (tertiary/aromatic N) is 5. The quantitative estimate of drug-likeness (QED) is 0.709. The summed E-state index contributed by atoms with van der Waals surface area (Å²) in [6, 6.07) is 7.04. The number of hydrogen-bond acceptors (Lipinski definition) is 7. The van der Waals surface area contributed by atoms with Gasteiger partial charge < -0.3 is 9.64 Å². The number of piperazine rings is 1. The van der Waals surface area contributed by atoms with Crippen LogP contribution in [0.25, 0.3) is 10.2 Å². The molecule has 4 heterocycles. The second-order valence-corrected chi connectivity index (χ2v) is 7.80. The van der Waals surface area contributed by atoms with E-state index in [1.165, 1.54) is 10.3 Å². The molecule has 0 bridgehead atoms. The molecular weight excluding hydrogens is 346 g/mol. The Morgan fingerprint density at radius 3 is 2.88 bits per heavy atom. The molecule has 134 valence electrons. The number of hydrogen-bond donors (Lipinski definition) is 0. The number of anilines is 1. The number of ether oxygens (including phenoxy) is 1. The normalized spacial score (nSPS) is 19.0. The van der Waals surface area contributed by atoms with E-state index < -0.39 is 0 Å². The Hall–Kier alpha value is -2.09. The highest BCUT2D eigenvalue weighted by atomic mass is 32.1. The lowest BCUT2D eigenvalue weighted by Gasteiger charge is -2.38. The molecule has 2 aromatic heterocycles. The van der Waals surface area contributed by atoms with Crippen molar-refractivity contribution < 1.29 is 4.74 Å². The zero-order valence-corrected chi connectivity index (χ0v) is 15.6. The van der Waals surface area contributed by atoms with Crippen molar-refractivity contribution in [3.63, 3.8) is 0 Å². The number of fused-ring (bicyclic) bond motifs is 2.